The van der Waals surface area contributed by atoms with Crippen molar-refractivity contribution in [3.8, 4) is 0 Å². The third kappa shape index (κ3) is 72.2. The molecule has 0 saturated carbocycles. The Bertz CT molecular complexity index is 1870. The minimum Gasteiger partial charge on any atom is -0.462 e. The summed E-state index contributed by atoms with van der Waals surface area (Å²) >= 11 is 0. The minimum absolute atomic E-state index is 0.106. The van der Waals surface area contributed by atoms with Crippen molar-refractivity contribution in [1.29, 1.82) is 0 Å². The molecule has 0 aromatic heterocycles. The van der Waals surface area contributed by atoms with E-state index in [1.165, 1.54) is 218 Å². The molecule has 0 fully saturated rings. The van der Waals surface area contributed by atoms with Crippen LogP contribution in [0.1, 0.15) is 408 Å². The van der Waals surface area contributed by atoms with E-state index in [0.717, 1.165) is 102 Å². The second kappa shape index (κ2) is 69.8. The van der Waals surface area contributed by atoms with Gasteiger partial charge in [0.25, 0.3) is 0 Å². The van der Waals surface area contributed by atoms with Crippen molar-refractivity contribution in [3.05, 3.63) is 0 Å². The van der Waals surface area contributed by atoms with Gasteiger partial charge in [-0.2, -0.15) is 0 Å². The van der Waals surface area contributed by atoms with Crippen LogP contribution in [0.15, 0.2) is 0 Å². The fourth-order valence-corrected chi connectivity index (χ4v) is 13.6. The summed E-state index contributed by atoms with van der Waals surface area (Å²) < 4.78 is 68.5. The number of carbonyl (C=O) groups excluding carboxylic acids is 4. The van der Waals surface area contributed by atoms with Crippen LogP contribution in [0.3, 0.4) is 0 Å². The number of unbranched alkanes of at least 4 members (excludes halogenated alkanes) is 47. The summed E-state index contributed by atoms with van der Waals surface area (Å²) in [6, 6.07) is 0. The molecule has 0 bridgehead atoms. The molecule has 17 nitrogen and oxygen atoms in total. The van der Waals surface area contributed by atoms with Gasteiger partial charge in [-0.1, -0.05) is 356 Å². The van der Waals surface area contributed by atoms with Crippen molar-refractivity contribution < 1.29 is 80.2 Å². The van der Waals surface area contributed by atoms with Gasteiger partial charge in [-0.05, 0) is 37.5 Å². The Balaban J connectivity index is 5.18. The van der Waals surface area contributed by atoms with E-state index in [-0.39, 0.29) is 25.7 Å². The van der Waals surface area contributed by atoms with Crippen LogP contribution < -0.4 is 0 Å². The van der Waals surface area contributed by atoms with Crippen molar-refractivity contribution in [1.82, 2.24) is 0 Å². The maximum atomic E-state index is 13.1. The maximum absolute atomic E-state index is 13.1. The first kappa shape index (κ1) is 95.1. The number of ether oxygens (including phenoxy) is 4. The molecule has 19 heteroatoms. The van der Waals surface area contributed by atoms with Crippen LogP contribution in [-0.2, 0) is 65.4 Å². The van der Waals surface area contributed by atoms with Crippen molar-refractivity contribution in [2.45, 2.75) is 426 Å². The van der Waals surface area contributed by atoms with Gasteiger partial charge in [0.1, 0.15) is 19.3 Å². The van der Waals surface area contributed by atoms with Crippen molar-refractivity contribution in [3.63, 3.8) is 0 Å². The average Bonchev–Trinajstić information content (AvgIpc) is 2.76. The van der Waals surface area contributed by atoms with Gasteiger partial charge >= 0.3 is 39.5 Å². The number of phosphoric ester groups is 2. The third-order valence-corrected chi connectivity index (χ3v) is 20.1. The normalized spacial score (nSPS) is 14.0. The molecule has 576 valence electrons. The van der Waals surface area contributed by atoms with E-state index in [9.17, 15) is 43.2 Å². The Kier molecular flexibility index (Phi) is 68.4. The van der Waals surface area contributed by atoms with Gasteiger partial charge in [0.2, 0.25) is 0 Å². The zero-order valence-corrected chi connectivity index (χ0v) is 65.2. The lowest BCUT2D eigenvalue weighted by molar-refractivity contribution is -0.161. The summed E-state index contributed by atoms with van der Waals surface area (Å²) in [6.07, 6.45) is 58.5. The van der Waals surface area contributed by atoms with Crippen molar-refractivity contribution in [2.24, 2.45) is 11.8 Å². The molecule has 0 amide bonds. The lowest BCUT2D eigenvalue weighted by atomic mass is 10.0. The first-order valence-electron chi connectivity index (χ1n) is 40.5. The molecule has 3 N–H and O–H groups in total. The predicted molar refractivity (Wildman–Crippen MR) is 395 cm³/mol. The smallest absolute Gasteiger partial charge is 0.462 e. The second-order valence-corrected chi connectivity index (χ2v) is 32.0. The fraction of sp³-hybridized carbons (Fsp3) is 0.949. The molecular formula is C78H152O17P2. The van der Waals surface area contributed by atoms with Crippen molar-refractivity contribution in [2.75, 3.05) is 39.6 Å². The number of hydrogen-bond donors (Lipinski definition) is 3. The lowest BCUT2D eigenvalue weighted by Crippen LogP contribution is -2.30. The molecular weight excluding hydrogens is 1270 g/mol. The van der Waals surface area contributed by atoms with E-state index in [4.69, 9.17) is 37.0 Å². The van der Waals surface area contributed by atoms with E-state index in [1.54, 1.807) is 0 Å². The van der Waals surface area contributed by atoms with Crippen LogP contribution in [-0.4, -0.2) is 96.7 Å². The lowest BCUT2D eigenvalue weighted by Gasteiger charge is -2.21. The highest BCUT2D eigenvalue weighted by Crippen LogP contribution is 2.45. The van der Waals surface area contributed by atoms with Crippen LogP contribution in [0, 0.1) is 11.8 Å². The monoisotopic (exact) mass is 1420 g/mol. The van der Waals surface area contributed by atoms with Gasteiger partial charge in [-0.25, -0.2) is 9.13 Å². The molecule has 97 heavy (non-hydrogen) atoms. The van der Waals surface area contributed by atoms with Crippen LogP contribution in [0.2, 0.25) is 0 Å². The summed E-state index contributed by atoms with van der Waals surface area (Å²) in [7, 11) is -9.91. The van der Waals surface area contributed by atoms with E-state index in [2.05, 4.69) is 41.5 Å². The van der Waals surface area contributed by atoms with Gasteiger partial charge in [-0.15, -0.1) is 0 Å². The van der Waals surface area contributed by atoms with Gasteiger partial charge in [0.15, 0.2) is 12.2 Å². The number of aliphatic hydroxyl groups excluding tert-OH is 1. The third-order valence-electron chi connectivity index (χ3n) is 18.2. The summed E-state index contributed by atoms with van der Waals surface area (Å²) in [5, 5.41) is 10.6. The molecule has 0 aromatic rings. The number of aliphatic hydroxyl groups is 1. The Hall–Kier alpha value is -1.94. The first-order chi connectivity index (χ1) is 46.9. The Labute approximate surface area is 594 Å². The fourth-order valence-electron chi connectivity index (χ4n) is 12.0. The van der Waals surface area contributed by atoms with Crippen LogP contribution >= 0.6 is 15.6 Å². The van der Waals surface area contributed by atoms with E-state index < -0.39 is 97.5 Å². The topological polar surface area (TPSA) is 237 Å². The van der Waals surface area contributed by atoms with E-state index in [1.807, 2.05) is 0 Å². The second-order valence-electron chi connectivity index (χ2n) is 29.1. The van der Waals surface area contributed by atoms with Crippen LogP contribution in [0.4, 0.5) is 0 Å². The highest BCUT2D eigenvalue weighted by Gasteiger charge is 2.30. The SMILES string of the molecule is CCCCCCCCCCCCCCCCCCCC(=O)OC[C@H](COP(=O)(O)OC[C@@H](O)COP(=O)(O)OC[C@@H](COC(=O)CCCCCCCCC(C)C)OC(=O)CCCCCCCCCCCC)OC(=O)CCCCCCCCCCCCCCCCCCCCC(C)C. The molecule has 0 aromatic carbocycles. The molecule has 0 spiro atoms. The van der Waals surface area contributed by atoms with Gasteiger partial charge < -0.3 is 33.8 Å². The highest BCUT2D eigenvalue weighted by atomic mass is 31.2. The van der Waals surface area contributed by atoms with Crippen molar-refractivity contribution >= 4 is 39.5 Å². The molecule has 0 rings (SSSR count). The molecule has 2 unspecified atom stereocenters. The summed E-state index contributed by atoms with van der Waals surface area (Å²) in [6.45, 7) is 9.55. The Morgan fingerprint density at radius 2 is 0.474 bits per heavy atom. The van der Waals surface area contributed by atoms with E-state index >= 15 is 0 Å². The largest absolute Gasteiger partial charge is 0.472 e. The maximum Gasteiger partial charge on any atom is 0.472 e. The number of esters is 4. The Morgan fingerprint density at radius 1 is 0.278 bits per heavy atom. The molecule has 0 aliphatic heterocycles. The zero-order valence-electron chi connectivity index (χ0n) is 63.4. The predicted octanol–water partition coefficient (Wildman–Crippen LogP) is 23.1. The highest BCUT2D eigenvalue weighted by molar-refractivity contribution is 7.47. The first-order valence-corrected chi connectivity index (χ1v) is 43.5. The standard InChI is InChI=1S/C78H152O17P2/c1-7-9-11-13-15-17-19-20-21-24-28-31-34-38-41-48-54-60-75(80)88-66-73(94-78(83)63-57-51-43-39-35-32-29-26-23-22-25-27-30-33-36-40-46-52-58-70(3)4)68-92-96(84,85)90-64-72(79)65-91-97(86,87)93-69-74(67-89-76(81)61-55-49-45-44-47-53-59-71(5)6)95-77(82)62-56-50-42-37-18-16-14-12-10-8-2/h70-74,79H,7-69H2,1-6H3,(H,84,85)(H,86,87)/t72-,73-,74-/m1/s1. The van der Waals surface area contributed by atoms with Gasteiger partial charge in [0.05, 0.1) is 26.4 Å². The summed E-state index contributed by atoms with van der Waals surface area (Å²) in [5.74, 6) is -0.615. The number of carbonyl (C=O) groups is 4. The molecule has 0 heterocycles. The summed E-state index contributed by atoms with van der Waals surface area (Å²) in [5.41, 5.74) is 0. The number of phosphoric acid groups is 2. The van der Waals surface area contributed by atoms with E-state index in [0.29, 0.717) is 31.6 Å². The number of hydrogen-bond acceptors (Lipinski definition) is 15. The molecule has 0 radical (unpaired) electrons. The van der Waals surface area contributed by atoms with Crippen LogP contribution in [0.25, 0.3) is 0 Å². The molecule has 5 atom stereocenters. The molecule has 0 aliphatic rings. The number of rotatable bonds is 77. The van der Waals surface area contributed by atoms with Gasteiger partial charge in [-0.3, -0.25) is 37.3 Å². The van der Waals surface area contributed by atoms with Crippen LogP contribution in [0.5, 0.6) is 0 Å². The van der Waals surface area contributed by atoms with Gasteiger partial charge in [0, 0.05) is 25.7 Å². The Morgan fingerprint density at radius 3 is 0.701 bits per heavy atom. The quantitative estimate of drug-likeness (QED) is 0.0222. The molecule has 0 saturated heterocycles. The average molecular weight is 1420 g/mol. The summed E-state index contributed by atoms with van der Waals surface area (Å²) in [4.78, 5) is 72.8. The minimum atomic E-state index is -4.96. The zero-order chi connectivity index (χ0) is 71.4. The molecule has 0 aliphatic carbocycles.